The molecule has 0 radical (unpaired) electrons. The molecule has 10 nitrogen and oxygen atoms in total. The van der Waals surface area contributed by atoms with Crippen LogP contribution in [-0.4, -0.2) is 47.6 Å². The molecule has 2 atom stereocenters. The van der Waals surface area contributed by atoms with Crippen molar-refractivity contribution in [3.8, 4) is 0 Å². The highest BCUT2D eigenvalue weighted by atomic mass is 16.2. The van der Waals surface area contributed by atoms with Crippen molar-refractivity contribution in [1.82, 2.24) is 20.9 Å². The molecule has 0 bridgehead atoms. The van der Waals surface area contributed by atoms with Crippen LogP contribution in [0.5, 0.6) is 0 Å². The molecular weight excluding hydrogens is 428 g/mol. The van der Waals surface area contributed by atoms with Gasteiger partial charge in [0, 0.05) is 7.05 Å². The van der Waals surface area contributed by atoms with Crippen molar-refractivity contribution in [1.29, 1.82) is 0 Å². The highest BCUT2D eigenvalue weighted by Gasteiger charge is 2.52. The van der Waals surface area contributed by atoms with Crippen molar-refractivity contribution in [3.05, 3.63) is 11.6 Å². The lowest BCUT2D eigenvalue weighted by atomic mass is 9.70. The van der Waals surface area contributed by atoms with Crippen molar-refractivity contribution in [3.63, 3.8) is 0 Å². The van der Waals surface area contributed by atoms with E-state index in [1.54, 1.807) is 13.8 Å². The largest absolute Gasteiger partial charge is 0.330 e. The molecule has 182 valence electrons. The lowest BCUT2D eigenvalue weighted by Crippen LogP contribution is -2.64. The third-order valence-electron chi connectivity index (χ3n) is 7.03. The minimum atomic E-state index is -1.21. The van der Waals surface area contributed by atoms with Crippen LogP contribution in [0.1, 0.15) is 72.6 Å². The number of nitrogens with zero attached hydrogens (tertiary/aromatic N) is 1. The van der Waals surface area contributed by atoms with Gasteiger partial charge in [-0.15, -0.1) is 0 Å². The molecule has 0 saturated carbocycles. The number of hydrogen-bond donors (Lipinski definition) is 3. The molecule has 3 N–H and O–H groups in total. The van der Waals surface area contributed by atoms with Gasteiger partial charge in [0.15, 0.2) is 0 Å². The predicted molar refractivity (Wildman–Crippen MR) is 119 cm³/mol. The first-order valence-electron chi connectivity index (χ1n) is 11.5. The summed E-state index contributed by atoms with van der Waals surface area (Å²) in [6.45, 7) is 7.28. The molecule has 0 aromatic rings. The molecule has 1 aliphatic carbocycles. The van der Waals surface area contributed by atoms with Crippen LogP contribution in [0.3, 0.4) is 0 Å². The molecular formula is C23H34N4O6. The van der Waals surface area contributed by atoms with Crippen molar-refractivity contribution < 1.29 is 28.8 Å². The van der Waals surface area contributed by atoms with Gasteiger partial charge >= 0.3 is 12.1 Å². The summed E-state index contributed by atoms with van der Waals surface area (Å²) in [7, 11) is 1.39. The highest BCUT2D eigenvalue weighted by molar-refractivity contribution is 6.21. The van der Waals surface area contributed by atoms with E-state index >= 15 is 0 Å². The maximum absolute atomic E-state index is 12.2. The maximum Gasteiger partial charge on any atom is 0.330 e. The lowest BCUT2D eigenvalue weighted by Gasteiger charge is -2.37. The van der Waals surface area contributed by atoms with Crippen LogP contribution in [0.15, 0.2) is 11.6 Å². The molecule has 2 unspecified atom stereocenters. The Morgan fingerprint density at radius 1 is 0.970 bits per heavy atom. The molecule has 3 aliphatic rings. The van der Waals surface area contributed by atoms with Crippen LogP contribution in [0.2, 0.25) is 0 Å². The number of hydrogen-bond acceptors (Lipinski definition) is 6. The molecule has 2 fully saturated rings. The number of allylic oxidation sites excluding steroid dienone is 1. The van der Waals surface area contributed by atoms with Gasteiger partial charge in [0.1, 0.15) is 10.8 Å². The Bertz CT molecular complexity index is 875. The zero-order chi connectivity index (χ0) is 25.0. The van der Waals surface area contributed by atoms with Crippen molar-refractivity contribution >= 4 is 35.7 Å². The molecule has 3 rings (SSSR count). The number of imide groups is 4. The smallest absolute Gasteiger partial charge is 0.277 e. The summed E-state index contributed by atoms with van der Waals surface area (Å²) in [6, 6.07) is -1.36. The minimum Gasteiger partial charge on any atom is -0.277 e. The monoisotopic (exact) mass is 462 g/mol. The van der Waals surface area contributed by atoms with Crippen molar-refractivity contribution in [2.75, 3.05) is 7.05 Å². The summed E-state index contributed by atoms with van der Waals surface area (Å²) in [4.78, 5) is 71.2. The number of rotatable bonds is 5. The van der Waals surface area contributed by atoms with Crippen molar-refractivity contribution in [2.45, 2.75) is 72.6 Å². The number of carbonyl (C=O) groups excluding carboxylic acids is 6. The van der Waals surface area contributed by atoms with E-state index in [9.17, 15) is 28.8 Å². The fourth-order valence-electron chi connectivity index (χ4n) is 4.77. The van der Waals surface area contributed by atoms with Gasteiger partial charge in [0.2, 0.25) is 23.6 Å². The second-order valence-corrected chi connectivity index (χ2v) is 8.98. The first kappa shape index (κ1) is 26.2. The Labute approximate surface area is 193 Å². The standard InChI is InChI=1S/C12H16N2O3.C11H18N2O3/c1-12(8-6-4-3-5-7-8)9(15)13-11(17)14(2)10(12)16;1-4-6-7(3)11(5-2)8(14)12-10(16)13-9(11)15/h6H,3-5,7H2,1-2H3,(H,13,15,17);7H,4-6H2,1-3H3,(H2,12,13,14,15,16). The van der Waals surface area contributed by atoms with Crippen LogP contribution in [0, 0.1) is 16.7 Å². The van der Waals surface area contributed by atoms with Crippen molar-refractivity contribution in [2.24, 2.45) is 16.7 Å². The van der Waals surface area contributed by atoms with Gasteiger partial charge in [-0.3, -0.25) is 40.0 Å². The topological polar surface area (TPSA) is 142 Å². The first-order valence-corrected chi connectivity index (χ1v) is 11.5. The summed E-state index contributed by atoms with van der Waals surface area (Å²) in [5, 5.41) is 6.60. The predicted octanol–water partition coefficient (Wildman–Crippen LogP) is 2.39. The Kier molecular flexibility index (Phi) is 8.16. The molecule has 2 saturated heterocycles. The van der Waals surface area contributed by atoms with Crippen LogP contribution in [0.25, 0.3) is 0 Å². The number of urea groups is 2. The van der Waals surface area contributed by atoms with E-state index in [2.05, 4.69) is 16.0 Å². The van der Waals surface area contributed by atoms with Gasteiger partial charge < -0.3 is 0 Å². The molecule has 2 heterocycles. The second kappa shape index (κ2) is 10.3. The van der Waals surface area contributed by atoms with Crippen LogP contribution in [0.4, 0.5) is 9.59 Å². The lowest BCUT2D eigenvalue weighted by molar-refractivity contribution is -0.149. The molecule has 33 heavy (non-hydrogen) atoms. The molecule has 0 aromatic heterocycles. The SMILES string of the molecule is CCCC(C)C1(CC)C(=O)NC(=O)NC1=O.CN1C(=O)NC(=O)C(C)(C2=CCCCC2)C1=O. The zero-order valence-corrected chi connectivity index (χ0v) is 20.0. The van der Waals surface area contributed by atoms with E-state index in [-0.39, 0.29) is 5.92 Å². The summed E-state index contributed by atoms with van der Waals surface area (Å²) in [5.74, 6) is -1.94. The third kappa shape index (κ3) is 4.69. The molecule has 10 heteroatoms. The summed E-state index contributed by atoms with van der Waals surface area (Å²) in [6.07, 6.45) is 7.76. The summed E-state index contributed by atoms with van der Waals surface area (Å²) >= 11 is 0. The fraction of sp³-hybridized carbons (Fsp3) is 0.652. The summed E-state index contributed by atoms with van der Waals surface area (Å²) in [5.41, 5.74) is -1.46. The Hall–Kier alpha value is -3.04. The zero-order valence-electron chi connectivity index (χ0n) is 20.0. The van der Waals surface area contributed by atoms with Gasteiger partial charge in [-0.25, -0.2) is 9.59 Å². The van der Waals surface area contributed by atoms with Crippen LogP contribution >= 0.6 is 0 Å². The van der Waals surface area contributed by atoms with Gasteiger partial charge in [-0.05, 0) is 56.9 Å². The van der Waals surface area contributed by atoms with Gasteiger partial charge in [-0.2, -0.15) is 0 Å². The molecule has 2 aliphatic heterocycles. The van der Waals surface area contributed by atoms with Gasteiger partial charge in [0.05, 0.1) is 0 Å². The van der Waals surface area contributed by atoms with E-state index in [0.717, 1.165) is 49.0 Å². The number of carbonyl (C=O) groups is 6. The van der Waals surface area contributed by atoms with Gasteiger partial charge in [0.25, 0.3) is 0 Å². The maximum atomic E-state index is 12.2. The molecule has 8 amide bonds. The van der Waals surface area contributed by atoms with E-state index in [4.69, 9.17) is 0 Å². The van der Waals surface area contributed by atoms with E-state index in [0.29, 0.717) is 6.42 Å². The molecule has 0 aromatic carbocycles. The quantitative estimate of drug-likeness (QED) is 0.423. The minimum absolute atomic E-state index is 0.0735. The highest BCUT2D eigenvalue weighted by Crippen LogP contribution is 2.38. The number of nitrogens with one attached hydrogen (secondary N) is 3. The Morgan fingerprint density at radius 3 is 2.06 bits per heavy atom. The Balaban J connectivity index is 0.000000234. The van der Waals surface area contributed by atoms with E-state index in [1.807, 2.05) is 19.9 Å². The van der Waals surface area contributed by atoms with E-state index < -0.39 is 46.5 Å². The van der Waals surface area contributed by atoms with E-state index in [1.165, 1.54) is 7.05 Å². The average Bonchev–Trinajstić information content (AvgIpc) is 2.77. The number of barbiturate groups is 2. The summed E-state index contributed by atoms with van der Waals surface area (Å²) < 4.78 is 0. The average molecular weight is 463 g/mol. The number of amides is 8. The Morgan fingerprint density at radius 2 is 1.58 bits per heavy atom. The van der Waals surface area contributed by atoms with Gasteiger partial charge in [-0.1, -0.05) is 33.3 Å². The fourth-order valence-corrected chi connectivity index (χ4v) is 4.77. The van der Waals surface area contributed by atoms with Crippen LogP contribution in [-0.2, 0) is 19.2 Å². The normalized spacial score (nSPS) is 25.8. The first-order chi connectivity index (χ1) is 15.5. The molecule has 0 spiro atoms. The van der Waals surface area contributed by atoms with Crippen LogP contribution < -0.4 is 16.0 Å². The second-order valence-electron chi connectivity index (χ2n) is 8.98. The third-order valence-corrected chi connectivity index (χ3v) is 7.03.